The molecule has 0 radical (unpaired) electrons. The van der Waals surface area contributed by atoms with E-state index in [0.29, 0.717) is 27.0 Å². The molecular formula is C23H19ClN2O4S. The number of benzene rings is 2. The first kappa shape index (κ1) is 21.1. The van der Waals surface area contributed by atoms with E-state index in [2.05, 4.69) is 29.7 Å². The first-order valence-corrected chi connectivity index (χ1v) is 10.9. The average Bonchev–Trinajstić information content (AvgIpc) is 3.35. The summed E-state index contributed by atoms with van der Waals surface area (Å²) in [6.45, 7) is 2.10. The van der Waals surface area contributed by atoms with Crippen LogP contribution in [0.4, 0.5) is 5.69 Å². The zero-order valence-electron chi connectivity index (χ0n) is 16.5. The van der Waals surface area contributed by atoms with Gasteiger partial charge >= 0.3 is 5.97 Å². The van der Waals surface area contributed by atoms with Crippen LogP contribution in [-0.4, -0.2) is 22.5 Å². The van der Waals surface area contributed by atoms with E-state index in [0.717, 1.165) is 12.1 Å². The highest BCUT2D eigenvalue weighted by Gasteiger charge is 2.27. The van der Waals surface area contributed by atoms with Crippen LogP contribution in [0.2, 0.25) is 5.02 Å². The Balaban J connectivity index is 1.49. The summed E-state index contributed by atoms with van der Waals surface area (Å²) in [7, 11) is 0. The van der Waals surface area contributed by atoms with Crippen molar-refractivity contribution < 1.29 is 19.1 Å². The van der Waals surface area contributed by atoms with Gasteiger partial charge in [-0.2, -0.15) is 0 Å². The fraction of sp³-hybridized carbons (Fsp3) is 0.130. The van der Waals surface area contributed by atoms with E-state index in [1.54, 1.807) is 18.2 Å². The highest BCUT2D eigenvalue weighted by Crippen LogP contribution is 2.34. The van der Waals surface area contributed by atoms with Crippen molar-refractivity contribution in [2.24, 2.45) is 0 Å². The molecule has 1 atom stereocenters. The smallest absolute Gasteiger partial charge is 0.335 e. The van der Waals surface area contributed by atoms with Gasteiger partial charge in [-0.1, -0.05) is 42.4 Å². The van der Waals surface area contributed by atoms with Gasteiger partial charge in [0, 0.05) is 17.3 Å². The van der Waals surface area contributed by atoms with Crippen LogP contribution in [0.3, 0.4) is 0 Å². The lowest BCUT2D eigenvalue weighted by Gasteiger charge is -2.12. The molecule has 1 aliphatic rings. The maximum atomic E-state index is 12.4. The number of amides is 1. The molecule has 0 spiro atoms. The molecule has 8 heteroatoms. The Bertz CT molecular complexity index is 1170. The van der Waals surface area contributed by atoms with E-state index in [1.165, 1.54) is 35.5 Å². The average molecular weight is 455 g/mol. The van der Waals surface area contributed by atoms with Crippen LogP contribution in [0.15, 0.2) is 63.9 Å². The number of carboxylic acid groups (broad SMARTS) is 1. The summed E-state index contributed by atoms with van der Waals surface area (Å²) in [4.78, 5) is 24.1. The van der Waals surface area contributed by atoms with Crippen molar-refractivity contribution >= 4 is 47.0 Å². The number of anilines is 1. The van der Waals surface area contributed by atoms with Gasteiger partial charge in [0.25, 0.3) is 5.91 Å². The van der Waals surface area contributed by atoms with Gasteiger partial charge in [-0.15, -0.1) is 0 Å². The molecule has 1 fully saturated rings. The van der Waals surface area contributed by atoms with Gasteiger partial charge in [-0.25, -0.2) is 4.79 Å². The van der Waals surface area contributed by atoms with Crippen LogP contribution < -0.4 is 10.6 Å². The topological polar surface area (TPSA) is 91.6 Å². The van der Waals surface area contributed by atoms with Gasteiger partial charge in [-0.05, 0) is 54.4 Å². The number of nitrogens with one attached hydrogen (secondary N) is 2. The molecule has 1 unspecified atom stereocenters. The first-order chi connectivity index (χ1) is 14.9. The predicted molar refractivity (Wildman–Crippen MR) is 123 cm³/mol. The summed E-state index contributed by atoms with van der Waals surface area (Å²) in [5.41, 5.74) is 2.47. The van der Waals surface area contributed by atoms with Gasteiger partial charge in [0.2, 0.25) is 0 Å². The van der Waals surface area contributed by atoms with Gasteiger partial charge in [-0.3, -0.25) is 4.79 Å². The second kappa shape index (κ2) is 8.91. The molecule has 2 heterocycles. The molecule has 0 aliphatic carbocycles. The third-order valence-electron chi connectivity index (χ3n) is 4.77. The monoisotopic (exact) mass is 454 g/mol. The minimum atomic E-state index is -1.05. The van der Waals surface area contributed by atoms with Gasteiger partial charge < -0.3 is 20.2 Å². The molecule has 3 aromatic rings. The van der Waals surface area contributed by atoms with Crippen molar-refractivity contribution in [2.45, 2.75) is 18.8 Å². The minimum absolute atomic E-state index is 0.113. The second-order valence-electron chi connectivity index (χ2n) is 6.88. The maximum Gasteiger partial charge on any atom is 0.335 e. The molecule has 6 nitrogen and oxygen atoms in total. The molecule has 4 rings (SSSR count). The number of furan rings is 1. The molecule has 0 bridgehead atoms. The zero-order valence-corrected chi connectivity index (χ0v) is 18.1. The number of aromatic carboxylic acids is 1. The summed E-state index contributed by atoms with van der Waals surface area (Å²) in [6, 6.07) is 15.9. The van der Waals surface area contributed by atoms with Crippen LogP contribution in [0.25, 0.3) is 17.4 Å². The number of halogens is 1. The van der Waals surface area contributed by atoms with Crippen LogP contribution in [-0.2, 0) is 11.2 Å². The van der Waals surface area contributed by atoms with Crippen molar-refractivity contribution in [3.63, 3.8) is 0 Å². The molecule has 1 aliphatic heterocycles. The number of rotatable bonds is 6. The summed E-state index contributed by atoms with van der Waals surface area (Å²) < 4.78 is 5.81. The Labute approximate surface area is 188 Å². The lowest BCUT2D eigenvalue weighted by atomic mass is 10.1. The number of aryl methyl sites for hydroxylation is 1. The van der Waals surface area contributed by atoms with E-state index in [4.69, 9.17) is 16.0 Å². The molecule has 1 amide bonds. The Hall–Kier alpha value is -3.16. The Morgan fingerprint density at radius 2 is 2.00 bits per heavy atom. The number of thioether (sulfide) groups is 1. The van der Waals surface area contributed by atoms with Crippen molar-refractivity contribution in [2.75, 3.05) is 5.32 Å². The third kappa shape index (κ3) is 4.78. The summed E-state index contributed by atoms with van der Waals surface area (Å²) in [6.07, 6.45) is 2.62. The summed E-state index contributed by atoms with van der Waals surface area (Å²) in [5.74, 6) is -0.350. The number of carbonyl (C=O) groups excluding carboxylic acids is 1. The third-order valence-corrected chi connectivity index (χ3v) is 6.13. The standard InChI is InChI=1S/C23H19ClN2O4S/c1-2-13-3-6-15(7-4-13)25-23-26-21(27)20(31-23)12-16-8-10-19(30-16)17-11-14(22(28)29)5-9-18(17)24/h3-12,23,25H,2H2,1H3,(H,26,27)(H,28,29). The largest absolute Gasteiger partial charge is 0.478 e. The molecule has 3 N–H and O–H groups in total. The van der Waals surface area contributed by atoms with Gasteiger partial charge in [0.05, 0.1) is 15.5 Å². The fourth-order valence-electron chi connectivity index (χ4n) is 3.10. The molecular weight excluding hydrogens is 436 g/mol. The number of carbonyl (C=O) groups is 2. The minimum Gasteiger partial charge on any atom is -0.478 e. The molecule has 31 heavy (non-hydrogen) atoms. The molecule has 1 saturated heterocycles. The Morgan fingerprint density at radius 3 is 2.71 bits per heavy atom. The van der Waals surface area contributed by atoms with Crippen LogP contribution in [0, 0.1) is 0 Å². The maximum absolute atomic E-state index is 12.4. The van der Waals surface area contributed by atoms with E-state index < -0.39 is 5.97 Å². The van der Waals surface area contributed by atoms with Crippen molar-refractivity contribution in [1.82, 2.24) is 5.32 Å². The molecule has 2 aromatic carbocycles. The highest BCUT2D eigenvalue weighted by molar-refractivity contribution is 8.05. The van der Waals surface area contributed by atoms with E-state index in [9.17, 15) is 14.7 Å². The lowest BCUT2D eigenvalue weighted by molar-refractivity contribution is -0.116. The summed E-state index contributed by atoms with van der Waals surface area (Å²) >= 11 is 7.57. The predicted octanol–water partition coefficient (Wildman–Crippen LogP) is 5.46. The van der Waals surface area contributed by atoms with Crippen molar-refractivity contribution in [3.05, 3.63) is 81.4 Å². The molecule has 0 saturated carbocycles. The van der Waals surface area contributed by atoms with Gasteiger partial charge in [0.1, 0.15) is 11.5 Å². The first-order valence-electron chi connectivity index (χ1n) is 9.60. The normalized spacial score (nSPS) is 17.0. The van der Waals surface area contributed by atoms with Crippen molar-refractivity contribution in [1.29, 1.82) is 0 Å². The van der Waals surface area contributed by atoms with Crippen LogP contribution in [0.1, 0.15) is 28.6 Å². The zero-order chi connectivity index (χ0) is 22.0. The second-order valence-corrected chi connectivity index (χ2v) is 8.43. The fourth-order valence-corrected chi connectivity index (χ4v) is 4.28. The van der Waals surface area contributed by atoms with Crippen molar-refractivity contribution in [3.8, 4) is 11.3 Å². The van der Waals surface area contributed by atoms with E-state index in [-0.39, 0.29) is 17.0 Å². The van der Waals surface area contributed by atoms with Crippen LogP contribution in [0.5, 0.6) is 0 Å². The number of carboxylic acids is 1. The Kier molecular flexibility index (Phi) is 6.06. The number of hydrogen-bond acceptors (Lipinski definition) is 5. The molecule has 1 aromatic heterocycles. The van der Waals surface area contributed by atoms with Crippen LogP contribution >= 0.6 is 23.4 Å². The van der Waals surface area contributed by atoms with E-state index in [1.807, 2.05) is 12.1 Å². The van der Waals surface area contributed by atoms with Gasteiger partial charge in [0.15, 0.2) is 5.50 Å². The quantitative estimate of drug-likeness (QED) is 0.428. The highest BCUT2D eigenvalue weighted by atomic mass is 35.5. The molecule has 158 valence electrons. The number of hydrogen-bond donors (Lipinski definition) is 3. The Morgan fingerprint density at radius 1 is 1.23 bits per heavy atom. The summed E-state index contributed by atoms with van der Waals surface area (Å²) in [5, 5.41) is 15.7. The SMILES string of the molecule is CCc1ccc(NC2NC(=O)C(=Cc3ccc(-c4cc(C(=O)O)ccc4Cl)o3)S2)cc1. The van der Waals surface area contributed by atoms with E-state index >= 15 is 0 Å². The lowest BCUT2D eigenvalue weighted by Crippen LogP contribution is -2.30.